The Morgan fingerprint density at radius 2 is 1.72 bits per heavy atom. The van der Waals surface area contributed by atoms with Crippen LogP contribution < -0.4 is 14.4 Å². The van der Waals surface area contributed by atoms with E-state index in [2.05, 4.69) is 5.32 Å². The number of carbonyl (C=O) groups excluding carboxylic acids is 1. The molecule has 0 saturated carbocycles. The third kappa shape index (κ3) is 4.52. The molecular weight excluding hydrogens is 412 g/mol. The lowest BCUT2D eigenvalue weighted by atomic mass is 10.2. The fourth-order valence-corrected chi connectivity index (χ4v) is 4.18. The van der Waals surface area contributed by atoms with Gasteiger partial charge in [-0.1, -0.05) is 35.9 Å². The summed E-state index contributed by atoms with van der Waals surface area (Å²) in [6, 6.07) is 19.4. The number of nitrogens with one attached hydrogen (secondary N) is 1. The van der Waals surface area contributed by atoms with Crippen molar-refractivity contribution in [2.24, 2.45) is 0 Å². The highest BCUT2D eigenvalue weighted by Crippen LogP contribution is 2.28. The smallest absolute Gasteiger partial charge is 0.264 e. The Hall–Kier alpha value is -3.03. The van der Waals surface area contributed by atoms with E-state index in [1.807, 2.05) is 0 Å². The molecule has 0 unspecified atom stereocenters. The number of hydrogen-bond acceptors (Lipinski definition) is 4. The number of ether oxygens (including phenoxy) is 1. The maximum Gasteiger partial charge on any atom is 0.264 e. The lowest BCUT2D eigenvalue weighted by Crippen LogP contribution is -2.26. The summed E-state index contributed by atoms with van der Waals surface area (Å²) in [5.74, 6) is 0.0346. The van der Waals surface area contributed by atoms with Gasteiger partial charge in [-0.25, -0.2) is 8.42 Å². The van der Waals surface area contributed by atoms with Crippen LogP contribution in [0.2, 0.25) is 5.02 Å². The first-order valence-electron chi connectivity index (χ1n) is 8.62. The molecule has 0 aliphatic carbocycles. The number of amides is 1. The lowest BCUT2D eigenvalue weighted by molar-refractivity contribution is 0.102. The summed E-state index contributed by atoms with van der Waals surface area (Å²) in [5.41, 5.74) is 1.20. The fraction of sp³-hybridized carbons (Fsp3) is 0.0952. The summed E-state index contributed by atoms with van der Waals surface area (Å²) in [6.45, 7) is 0. The van der Waals surface area contributed by atoms with E-state index in [-0.39, 0.29) is 10.5 Å². The quantitative estimate of drug-likeness (QED) is 0.627. The average molecular weight is 431 g/mol. The maximum atomic E-state index is 12.9. The van der Waals surface area contributed by atoms with Crippen LogP contribution in [0.25, 0.3) is 0 Å². The zero-order valence-corrected chi connectivity index (χ0v) is 17.4. The van der Waals surface area contributed by atoms with Gasteiger partial charge >= 0.3 is 0 Å². The third-order valence-corrected chi connectivity index (χ3v) is 6.36. The molecule has 3 rings (SSSR count). The molecule has 1 N–H and O–H groups in total. The largest absolute Gasteiger partial charge is 0.495 e. The van der Waals surface area contributed by atoms with Gasteiger partial charge in [-0.2, -0.15) is 0 Å². The Morgan fingerprint density at radius 3 is 2.38 bits per heavy atom. The van der Waals surface area contributed by atoms with Gasteiger partial charge in [-0.05, 0) is 48.5 Å². The van der Waals surface area contributed by atoms with E-state index in [9.17, 15) is 13.2 Å². The average Bonchev–Trinajstić information content (AvgIpc) is 2.74. The van der Waals surface area contributed by atoms with Crippen molar-refractivity contribution in [3.8, 4) is 5.75 Å². The van der Waals surface area contributed by atoms with Crippen molar-refractivity contribution < 1.29 is 17.9 Å². The maximum absolute atomic E-state index is 12.9. The van der Waals surface area contributed by atoms with Crippen molar-refractivity contribution in [2.75, 3.05) is 23.8 Å². The number of para-hydroxylation sites is 1. The zero-order valence-electron chi connectivity index (χ0n) is 15.8. The summed E-state index contributed by atoms with van der Waals surface area (Å²) in [5, 5.41) is 3.06. The minimum absolute atomic E-state index is 0.0178. The molecule has 1 amide bonds. The minimum atomic E-state index is -3.82. The normalized spacial score (nSPS) is 11.0. The van der Waals surface area contributed by atoms with Gasteiger partial charge < -0.3 is 10.1 Å². The molecule has 0 fully saturated rings. The van der Waals surface area contributed by atoms with E-state index >= 15 is 0 Å². The summed E-state index contributed by atoms with van der Waals surface area (Å²) in [6.07, 6.45) is 0. The number of hydrogen-bond donors (Lipinski definition) is 1. The SMILES string of the molecule is COc1ccc(NC(=O)c2cccc(S(=O)(=O)N(C)c3ccccc3)c2)cc1Cl. The number of sulfonamides is 1. The van der Waals surface area contributed by atoms with Crippen molar-refractivity contribution in [1.29, 1.82) is 0 Å². The molecule has 0 bridgehead atoms. The van der Waals surface area contributed by atoms with E-state index in [1.54, 1.807) is 54.6 Å². The number of anilines is 2. The molecule has 3 aromatic carbocycles. The van der Waals surface area contributed by atoms with Crippen molar-refractivity contribution in [2.45, 2.75) is 4.90 Å². The summed E-state index contributed by atoms with van der Waals surface area (Å²) < 4.78 is 32.1. The second-order valence-corrected chi connectivity index (χ2v) is 8.52. The molecule has 0 saturated heterocycles. The van der Waals surface area contributed by atoms with Gasteiger partial charge in [0.1, 0.15) is 5.75 Å². The number of carbonyl (C=O) groups is 1. The van der Waals surface area contributed by atoms with E-state index in [1.165, 1.54) is 36.7 Å². The molecule has 0 aliphatic rings. The molecule has 0 atom stereocenters. The van der Waals surface area contributed by atoms with Crippen LogP contribution in [0.3, 0.4) is 0 Å². The first-order valence-corrected chi connectivity index (χ1v) is 10.4. The van der Waals surface area contributed by atoms with E-state index in [0.717, 1.165) is 0 Å². The Bertz CT molecular complexity index is 1130. The van der Waals surface area contributed by atoms with Crippen LogP contribution in [-0.4, -0.2) is 28.5 Å². The van der Waals surface area contributed by atoms with E-state index in [4.69, 9.17) is 16.3 Å². The Balaban J connectivity index is 1.85. The highest BCUT2D eigenvalue weighted by atomic mass is 35.5. The highest BCUT2D eigenvalue weighted by molar-refractivity contribution is 7.92. The van der Waals surface area contributed by atoms with Crippen LogP contribution in [0.15, 0.2) is 77.7 Å². The molecule has 0 aromatic heterocycles. The highest BCUT2D eigenvalue weighted by Gasteiger charge is 2.22. The molecule has 8 heteroatoms. The summed E-state index contributed by atoms with van der Waals surface area (Å²) in [4.78, 5) is 12.6. The third-order valence-electron chi connectivity index (χ3n) is 4.28. The number of methoxy groups -OCH3 is 1. The van der Waals surface area contributed by atoms with Gasteiger partial charge in [0.25, 0.3) is 15.9 Å². The van der Waals surface area contributed by atoms with Crippen LogP contribution >= 0.6 is 11.6 Å². The van der Waals surface area contributed by atoms with Crippen LogP contribution in [0, 0.1) is 0 Å². The fourth-order valence-electron chi connectivity index (χ4n) is 2.68. The molecule has 6 nitrogen and oxygen atoms in total. The van der Waals surface area contributed by atoms with Crippen molar-refractivity contribution >= 4 is 38.9 Å². The van der Waals surface area contributed by atoms with Crippen LogP contribution in [0.5, 0.6) is 5.75 Å². The number of rotatable bonds is 6. The number of nitrogens with zero attached hydrogens (tertiary/aromatic N) is 1. The first kappa shape index (κ1) is 20.7. The van der Waals surface area contributed by atoms with Gasteiger partial charge in [0.2, 0.25) is 0 Å². The van der Waals surface area contributed by atoms with Gasteiger partial charge in [-0.15, -0.1) is 0 Å². The Kier molecular flexibility index (Phi) is 6.10. The van der Waals surface area contributed by atoms with Crippen molar-refractivity contribution in [3.63, 3.8) is 0 Å². The topological polar surface area (TPSA) is 75.7 Å². The van der Waals surface area contributed by atoms with Crippen molar-refractivity contribution in [1.82, 2.24) is 0 Å². The summed E-state index contributed by atoms with van der Waals surface area (Å²) in [7, 11) is -0.854. The molecule has 0 radical (unpaired) electrons. The van der Waals surface area contributed by atoms with Crippen molar-refractivity contribution in [3.05, 3.63) is 83.4 Å². The summed E-state index contributed by atoms with van der Waals surface area (Å²) >= 11 is 6.08. The lowest BCUT2D eigenvalue weighted by Gasteiger charge is -2.19. The van der Waals surface area contributed by atoms with Gasteiger partial charge in [-0.3, -0.25) is 9.10 Å². The first-order chi connectivity index (χ1) is 13.8. The number of benzene rings is 3. The van der Waals surface area contributed by atoms with Gasteiger partial charge in [0, 0.05) is 18.3 Å². The molecule has 0 spiro atoms. The van der Waals surface area contributed by atoms with Crippen LogP contribution in [0.4, 0.5) is 11.4 Å². The molecule has 29 heavy (non-hydrogen) atoms. The molecule has 0 heterocycles. The molecule has 0 aliphatic heterocycles. The minimum Gasteiger partial charge on any atom is -0.495 e. The second-order valence-electron chi connectivity index (χ2n) is 6.14. The van der Waals surface area contributed by atoms with Crippen LogP contribution in [0.1, 0.15) is 10.4 Å². The van der Waals surface area contributed by atoms with Crippen LogP contribution in [-0.2, 0) is 10.0 Å². The number of halogens is 1. The predicted octanol–water partition coefficient (Wildman–Crippen LogP) is 4.43. The molecule has 150 valence electrons. The van der Waals surface area contributed by atoms with E-state index in [0.29, 0.717) is 22.1 Å². The monoisotopic (exact) mass is 430 g/mol. The van der Waals surface area contributed by atoms with Gasteiger partial charge in [0.15, 0.2) is 0 Å². The standard InChI is InChI=1S/C21H19ClN2O4S/c1-24(17-8-4-3-5-9-17)29(26,27)18-10-6-7-15(13-18)21(25)23-16-11-12-20(28-2)19(22)14-16/h3-14H,1-2H3,(H,23,25). The Morgan fingerprint density at radius 1 is 1.00 bits per heavy atom. The predicted molar refractivity (Wildman–Crippen MR) is 114 cm³/mol. The zero-order chi connectivity index (χ0) is 21.0. The Labute approximate surface area is 174 Å². The molecular formula is C21H19ClN2O4S. The van der Waals surface area contributed by atoms with E-state index < -0.39 is 15.9 Å². The van der Waals surface area contributed by atoms with Gasteiger partial charge in [0.05, 0.1) is 22.7 Å². The second kappa shape index (κ2) is 8.55. The molecule has 3 aromatic rings.